The lowest BCUT2D eigenvalue weighted by Gasteiger charge is -2.07. The Labute approximate surface area is 116 Å². The highest BCUT2D eigenvalue weighted by molar-refractivity contribution is 14.1. The molecule has 4 nitrogen and oxygen atoms in total. The lowest BCUT2D eigenvalue weighted by atomic mass is 10.3. The Morgan fingerprint density at radius 2 is 1.89 bits per heavy atom. The molecule has 0 heterocycles. The van der Waals surface area contributed by atoms with Crippen molar-refractivity contribution in [2.24, 2.45) is 0 Å². The van der Waals surface area contributed by atoms with Gasteiger partial charge in [0.15, 0.2) is 11.6 Å². The van der Waals surface area contributed by atoms with Crippen molar-refractivity contribution in [1.82, 2.24) is 0 Å². The molecule has 0 fully saturated rings. The van der Waals surface area contributed by atoms with Crippen LogP contribution in [0.5, 0.6) is 11.5 Å². The van der Waals surface area contributed by atoms with Crippen molar-refractivity contribution in [3.05, 3.63) is 62.0 Å². The molecule has 0 aliphatic carbocycles. The van der Waals surface area contributed by atoms with E-state index in [1.165, 1.54) is 12.1 Å². The van der Waals surface area contributed by atoms with Crippen molar-refractivity contribution in [3.8, 4) is 11.5 Å². The molecule has 0 saturated heterocycles. The van der Waals surface area contributed by atoms with E-state index in [-0.39, 0.29) is 11.4 Å². The van der Waals surface area contributed by atoms with Gasteiger partial charge < -0.3 is 4.74 Å². The number of nitrogens with zero attached hydrogens (tertiary/aromatic N) is 1. The first-order valence-corrected chi connectivity index (χ1v) is 6.02. The molecule has 0 aliphatic rings. The summed E-state index contributed by atoms with van der Waals surface area (Å²) in [6, 6.07) is 10.4. The topological polar surface area (TPSA) is 52.4 Å². The molecule has 0 spiro atoms. The normalized spacial score (nSPS) is 10.1. The number of hydrogen-bond acceptors (Lipinski definition) is 3. The third kappa shape index (κ3) is 2.76. The van der Waals surface area contributed by atoms with Crippen LogP contribution in [-0.4, -0.2) is 4.92 Å². The van der Waals surface area contributed by atoms with E-state index in [0.29, 0.717) is 5.75 Å². The van der Waals surface area contributed by atoms with E-state index in [1.807, 2.05) is 12.1 Å². The first-order valence-electron chi connectivity index (χ1n) is 4.94. The van der Waals surface area contributed by atoms with Crippen LogP contribution in [0.2, 0.25) is 0 Å². The fourth-order valence-corrected chi connectivity index (χ4v) is 1.83. The average molecular weight is 359 g/mol. The van der Waals surface area contributed by atoms with E-state index in [2.05, 4.69) is 22.6 Å². The number of non-ortho nitro benzene ring substituents is 1. The van der Waals surface area contributed by atoms with Crippen LogP contribution in [0, 0.1) is 19.5 Å². The zero-order valence-corrected chi connectivity index (χ0v) is 11.1. The predicted octanol–water partition coefficient (Wildman–Crippen LogP) is 4.13. The highest BCUT2D eigenvalue weighted by Gasteiger charge is 2.12. The Kier molecular flexibility index (Phi) is 3.75. The zero-order valence-electron chi connectivity index (χ0n) is 8.97. The van der Waals surface area contributed by atoms with Crippen molar-refractivity contribution < 1.29 is 14.1 Å². The molecule has 0 unspecified atom stereocenters. The van der Waals surface area contributed by atoms with Gasteiger partial charge in [0.25, 0.3) is 5.69 Å². The summed E-state index contributed by atoms with van der Waals surface area (Å²) in [4.78, 5) is 9.82. The summed E-state index contributed by atoms with van der Waals surface area (Å²) in [6.45, 7) is 0. The molecule has 0 aliphatic heterocycles. The van der Waals surface area contributed by atoms with E-state index < -0.39 is 10.7 Å². The summed E-state index contributed by atoms with van der Waals surface area (Å²) >= 11 is 2.06. The van der Waals surface area contributed by atoms with Gasteiger partial charge >= 0.3 is 0 Å². The van der Waals surface area contributed by atoms with Crippen LogP contribution >= 0.6 is 22.6 Å². The molecule has 18 heavy (non-hydrogen) atoms. The maximum atomic E-state index is 13.6. The summed E-state index contributed by atoms with van der Waals surface area (Å²) < 4.78 is 19.8. The predicted molar refractivity (Wildman–Crippen MR) is 72.3 cm³/mol. The summed E-state index contributed by atoms with van der Waals surface area (Å²) in [7, 11) is 0. The van der Waals surface area contributed by atoms with Crippen molar-refractivity contribution in [2.45, 2.75) is 0 Å². The van der Waals surface area contributed by atoms with Gasteiger partial charge in [0, 0.05) is 6.07 Å². The zero-order chi connectivity index (χ0) is 13.1. The molecule has 0 amide bonds. The largest absolute Gasteiger partial charge is 0.453 e. The Morgan fingerprint density at radius 1 is 1.17 bits per heavy atom. The molecule has 92 valence electrons. The number of nitro benzene ring substituents is 1. The van der Waals surface area contributed by atoms with Gasteiger partial charge in [-0.25, -0.2) is 4.39 Å². The average Bonchev–Trinajstić information content (AvgIpc) is 2.34. The summed E-state index contributed by atoms with van der Waals surface area (Å²) in [5, 5.41) is 10.5. The summed E-state index contributed by atoms with van der Waals surface area (Å²) in [6.07, 6.45) is 0. The van der Waals surface area contributed by atoms with Crippen LogP contribution in [0.4, 0.5) is 10.1 Å². The molecule has 2 aromatic rings. The maximum absolute atomic E-state index is 13.6. The van der Waals surface area contributed by atoms with Crippen LogP contribution in [0.15, 0.2) is 42.5 Å². The minimum atomic E-state index is -0.760. The molecule has 0 aromatic heterocycles. The third-order valence-corrected chi connectivity index (χ3v) is 3.07. The highest BCUT2D eigenvalue weighted by atomic mass is 127. The Balaban J connectivity index is 2.30. The van der Waals surface area contributed by atoms with Crippen LogP contribution in [0.25, 0.3) is 0 Å². The van der Waals surface area contributed by atoms with E-state index in [9.17, 15) is 14.5 Å². The van der Waals surface area contributed by atoms with Gasteiger partial charge in [-0.05, 0) is 40.8 Å². The lowest BCUT2D eigenvalue weighted by molar-refractivity contribution is -0.385. The molecule has 0 N–H and O–H groups in total. The number of para-hydroxylation sites is 1. The molecule has 0 bridgehead atoms. The molecule has 0 atom stereocenters. The number of hydrogen-bond donors (Lipinski definition) is 0. The smallest absolute Gasteiger partial charge is 0.272 e. The summed E-state index contributed by atoms with van der Waals surface area (Å²) in [5.41, 5.74) is -0.303. The Bertz CT molecular complexity index is 604. The number of benzene rings is 2. The van der Waals surface area contributed by atoms with Gasteiger partial charge in [0.1, 0.15) is 5.75 Å². The summed E-state index contributed by atoms with van der Waals surface area (Å²) in [5.74, 6) is -0.292. The molecular formula is C12H7FINO3. The number of halogens is 2. The van der Waals surface area contributed by atoms with Crippen LogP contribution < -0.4 is 4.74 Å². The van der Waals surface area contributed by atoms with Gasteiger partial charge in [-0.3, -0.25) is 10.1 Å². The third-order valence-electron chi connectivity index (χ3n) is 2.18. The highest BCUT2D eigenvalue weighted by Crippen LogP contribution is 2.30. The SMILES string of the molecule is O=[N+]([O-])c1ccc(Oc2ccccc2I)c(F)c1. The Morgan fingerprint density at radius 3 is 2.50 bits per heavy atom. The first-order chi connectivity index (χ1) is 8.58. The van der Waals surface area contributed by atoms with E-state index >= 15 is 0 Å². The van der Waals surface area contributed by atoms with Crippen molar-refractivity contribution in [3.63, 3.8) is 0 Å². The molecule has 2 aromatic carbocycles. The Hall–Kier alpha value is -1.70. The van der Waals surface area contributed by atoms with Crippen molar-refractivity contribution >= 4 is 28.3 Å². The van der Waals surface area contributed by atoms with Crippen molar-refractivity contribution in [1.29, 1.82) is 0 Å². The fourth-order valence-electron chi connectivity index (χ4n) is 1.33. The van der Waals surface area contributed by atoms with E-state index in [4.69, 9.17) is 4.74 Å². The molecule has 0 radical (unpaired) electrons. The van der Waals surface area contributed by atoms with Gasteiger partial charge in [0.05, 0.1) is 14.6 Å². The second-order valence-electron chi connectivity index (χ2n) is 3.40. The number of ether oxygens (including phenoxy) is 1. The first kappa shape index (κ1) is 12.7. The number of rotatable bonds is 3. The molecule has 2 rings (SSSR count). The fraction of sp³-hybridized carbons (Fsp3) is 0. The molecular weight excluding hydrogens is 352 g/mol. The van der Waals surface area contributed by atoms with Gasteiger partial charge in [0.2, 0.25) is 0 Å². The van der Waals surface area contributed by atoms with Crippen LogP contribution in [-0.2, 0) is 0 Å². The monoisotopic (exact) mass is 359 g/mol. The van der Waals surface area contributed by atoms with Gasteiger partial charge in [-0.1, -0.05) is 12.1 Å². The minimum Gasteiger partial charge on any atom is -0.453 e. The molecule has 0 saturated carbocycles. The van der Waals surface area contributed by atoms with Gasteiger partial charge in [-0.2, -0.15) is 0 Å². The quantitative estimate of drug-likeness (QED) is 0.470. The maximum Gasteiger partial charge on any atom is 0.272 e. The lowest BCUT2D eigenvalue weighted by Crippen LogP contribution is -1.93. The minimum absolute atomic E-state index is 0.0373. The molecule has 6 heteroatoms. The van der Waals surface area contributed by atoms with E-state index in [0.717, 1.165) is 9.64 Å². The van der Waals surface area contributed by atoms with Gasteiger partial charge in [-0.15, -0.1) is 0 Å². The van der Waals surface area contributed by atoms with Crippen LogP contribution in [0.3, 0.4) is 0 Å². The van der Waals surface area contributed by atoms with Crippen molar-refractivity contribution in [2.75, 3.05) is 0 Å². The van der Waals surface area contributed by atoms with Crippen LogP contribution in [0.1, 0.15) is 0 Å². The standard InChI is InChI=1S/C12H7FINO3/c13-9-7-8(15(16)17)5-6-11(9)18-12-4-2-1-3-10(12)14/h1-7H. The second kappa shape index (κ2) is 5.30. The van der Waals surface area contributed by atoms with E-state index in [1.54, 1.807) is 12.1 Å². The number of nitro groups is 1. The second-order valence-corrected chi connectivity index (χ2v) is 4.57.